The fourth-order valence-electron chi connectivity index (χ4n) is 2.46. The summed E-state index contributed by atoms with van der Waals surface area (Å²) >= 11 is 0. The lowest BCUT2D eigenvalue weighted by atomic mass is 10.0. The molecule has 0 saturated heterocycles. The summed E-state index contributed by atoms with van der Waals surface area (Å²) in [4.78, 5) is 28.3. The molecule has 0 bridgehead atoms. The molecule has 7 nitrogen and oxygen atoms in total. The number of aromatic amines is 1. The van der Waals surface area contributed by atoms with Gasteiger partial charge in [0.05, 0.1) is 0 Å². The van der Waals surface area contributed by atoms with Gasteiger partial charge in [0.15, 0.2) is 5.82 Å². The van der Waals surface area contributed by atoms with Gasteiger partial charge in [-0.25, -0.2) is 19.3 Å². The highest BCUT2D eigenvalue weighted by Gasteiger charge is 2.27. The van der Waals surface area contributed by atoms with Crippen LogP contribution in [-0.2, 0) is 4.79 Å². The van der Waals surface area contributed by atoms with E-state index in [0.29, 0.717) is 11.6 Å². The Balaban J connectivity index is 0.00000182. The number of amides is 1. The molecule has 134 valence electrons. The summed E-state index contributed by atoms with van der Waals surface area (Å²) in [6.45, 7) is 2.80. The van der Waals surface area contributed by atoms with E-state index in [0.717, 1.165) is 16.6 Å². The third kappa shape index (κ3) is 3.57. The highest BCUT2D eigenvalue weighted by Crippen LogP contribution is 2.25. The standard InChI is InChI=1S/C17H19FN6O.2H2/c1-17(2,16(25)21-9-6-18)24-13-5-8-20-15(23-13)12-10-22-14-11(12)4-3-7-19-14;;/h3-5,7-8,10H,6,9H2,1-2H3,(H,19,22)(H,21,25)(H,20,23,24);2*1H. The van der Waals surface area contributed by atoms with Crippen molar-refractivity contribution in [2.24, 2.45) is 0 Å². The van der Waals surface area contributed by atoms with Gasteiger partial charge in [0.1, 0.15) is 23.7 Å². The summed E-state index contributed by atoms with van der Waals surface area (Å²) in [6, 6.07) is 5.47. The van der Waals surface area contributed by atoms with Crippen LogP contribution in [0.1, 0.15) is 16.7 Å². The van der Waals surface area contributed by atoms with Crippen LogP contribution in [0.2, 0.25) is 0 Å². The zero-order chi connectivity index (χ0) is 17.9. The minimum atomic E-state index is -0.942. The summed E-state index contributed by atoms with van der Waals surface area (Å²) in [5.74, 6) is 0.717. The van der Waals surface area contributed by atoms with Crippen molar-refractivity contribution in [1.29, 1.82) is 0 Å². The Morgan fingerprint density at radius 1 is 1.32 bits per heavy atom. The normalized spacial score (nSPS) is 11.5. The van der Waals surface area contributed by atoms with Crippen LogP contribution in [0.15, 0.2) is 36.8 Å². The summed E-state index contributed by atoms with van der Waals surface area (Å²) in [5.41, 5.74) is 0.638. The largest absolute Gasteiger partial charge is 0.356 e. The maximum Gasteiger partial charge on any atom is 0.245 e. The highest BCUT2D eigenvalue weighted by molar-refractivity contribution is 5.92. The fraction of sp³-hybridized carbons (Fsp3) is 0.294. The van der Waals surface area contributed by atoms with Crippen molar-refractivity contribution in [3.05, 3.63) is 36.8 Å². The number of nitrogens with zero attached hydrogens (tertiary/aromatic N) is 3. The van der Waals surface area contributed by atoms with Crippen molar-refractivity contribution >= 4 is 22.8 Å². The lowest BCUT2D eigenvalue weighted by molar-refractivity contribution is -0.124. The number of hydrogen-bond donors (Lipinski definition) is 3. The molecule has 0 aromatic carbocycles. The van der Waals surface area contributed by atoms with E-state index in [1.54, 1.807) is 38.5 Å². The summed E-state index contributed by atoms with van der Waals surface area (Å²) in [7, 11) is 0. The Morgan fingerprint density at radius 2 is 2.16 bits per heavy atom. The van der Waals surface area contributed by atoms with Gasteiger partial charge in [0, 0.05) is 38.9 Å². The molecule has 3 rings (SSSR count). The number of fused-ring (bicyclic) bond motifs is 1. The zero-order valence-electron chi connectivity index (χ0n) is 14.0. The molecule has 3 aromatic rings. The number of alkyl halides is 1. The van der Waals surface area contributed by atoms with Gasteiger partial charge < -0.3 is 15.6 Å². The predicted octanol–water partition coefficient (Wildman–Crippen LogP) is 2.79. The molecule has 0 fully saturated rings. The van der Waals surface area contributed by atoms with Crippen LogP contribution in [0.4, 0.5) is 10.2 Å². The average molecular weight is 346 g/mol. The Bertz CT molecular complexity index is 902. The maximum absolute atomic E-state index is 12.2. The molecule has 0 spiro atoms. The molecule has 8 heteroatoms. The monoisotopic (exact) mass is 346 g/mol. The Morgan fingerprint density at radius 3 is 2.96 bits per heavy atom. The van der Waals surface area contributed by atoms with E-state index >= 15 is 0 Å². The minimum Gasteiger partial charge on any atom is -0.356 e. The second-order valence-corrected chi connectivity index (χ2v) is 6.06. The summed E-state index contributed by atoms with van der Waals surface area (Å²) in [5, 5.41) is 6.51. The lowest BCUT2D eigenvalue weighted by Crippen LogP contribution is -2.48. The van der Waals surface area contributed by atoms with Gasteiger partial charge in [-0.1, -0.05) is 0 Å². The van der Waals surface area contributed by atoms with Crippen LogP contribution < -0.4 is 10.6 Å². The smallest absolute Gasteiger partial charge is 0.245 e. The molecule has 25 heavy (non-hydrogen) atoms. The Kier molecular flexibility index (Phi) is 4.60. The van der Waals surface area contributed by atoms with Crippen LogP contribution in [0, 0.1) is 0 Å². The first-order chi connectivity index (χ1) is 12.0. The fourth-order valence-corrected chi connectivity index (χ4v) is 2.46. The Hall–Kier alpha value is -3.03. The van der Waals surface area contributed by atoms with Crippen LogP contribution in [0.25, 0.3) is 22.4 Å². The summed E-state index contributed by atoms with van der Waals surface area (Å²) < 4.78 is 12.2. The molecule has 0 aliphatic rings. The highest BCUT2D eigenvalue weighted by atomic mass is 19.1. The molecule has 1 amide bonds. The van der Waals surface area contributed by atoms with Crippen LogP contribution in [-0.4, -0.2) is 44.6 Å². The van der Waals surface area contributed by atoms with E-state index in [2.05, 4.69) is 30.6 Å². The molecule has 0 unspecified atom stereocenters. The predicted molar refractivity (Wildman–Crippen MR) is 98.0 cm³/mol. The quantitative estimate of drug-likeness (QED) is 0.638. The van der Waals surface area contributed by atoms with Crippen LogP contribution in [0.3, 0.4) is 0 Å². The topological polar surface area (TPSA) is 95.6 Å². The van der Waals surface area contributed by atoms with E-state index in [9.17, 15) is 9.18 Å². The van der Waals surface area contributed by atoms with Crippen molar-refractivity contribution in [1.82, 2.24) is 25.3 Å². The van der Waals surface area contributed by atoms with Crippen LogP contribution >= 0.6 is 0 Å². The second-order valence-electron chi connectivity index (χ2n) is 6.06. The number of anilines is 1. The van der Waals surface area contributed by atoms with Gasteiger partial charge in [0.25, 0.3) is 0 Å². The number of rotatable bonds is 6. The van der Waals surface area contributed by atoms with Gasteiger partial charge in [0.2, 0.25) is 5.91 Å². The van der Waals surface area contributed by atoms with Crippen molar-refractivity contribution in [3.63, 3.8) is 0 Å². The lowest BCUT2D eigenvalue weighted by Gasteiger charge is -2.25. The van der Waals surface area contributed by atoms with E-state index in [1.165, 1.54) is 0 Å². The number of carbonyl (C=O) groups excluding carboxylic acids is 1. The van der Waals surface area contributed by atoms with Crippen molar-refractivity contribution in [2.45, 2.75) is 19.4 Å². The first kappa shape index (κ1) is 16.8. The molecular formula is C17H23FN6O. The van der Waals surface area contributed by atoms with Gasteiger partial charge in [-0.3, -0.25) is 4.79 Å². The Labute approximate surface area is 147 Å². The summed E-state index contributed by atoms with van der Waals surface area (Å²) in [6.07, 6.45) is 5.13. The first-order valence-corrected chi connectivity index (χ1v) is 7.89. The number of nitrogens with one attached hydrogen (secondary N) is 3. The molecular weight excluding hydrogens is 323 g/mol. The minimum absolute atomic E-state index is 0. The molecule has 3 N–H and O–H groups in total. The third-order valence-corrected chi connectivity index (χ3v) is 3.74. The van der Waals surface area contributed by atoms with E-state index < -0.39 is 12.2 Å². The molecule has 3 aromatic heterocycles. The van der Waals surface area contributed by atoms with Crippen molar-refractivity contribution in [2.75, 3.05) is 18.5 Å². The van der Waals surface area contributed by atoms with E-state index in [-0.39, 0.29) is 15.3 Å². The van der Waals surface area contributed by atoms with Gasteiger partial charge in [-0.05, 0) is 32.0 Å². The zero-order valence-corrected chi connectivity index (χ0v) is 14.0. The van der Waals surface area contributed by atoms with Crippen LogP contribution in [0.5, 0.6) is 0 Å². The van der Waals surface area contributed by atoms with Gasteiger partial charge in [-0.2, -0.15) is 0 Å². The number of hydrogen-bond acceptors (Lipinski definition) is 5. The molecule has 0 aliphatic carbocycles. The third-order valence-electron chi connectivity index (χ3n) is 3.74. The molecule has 0 radical (unpaired) electrons. The molecule has 3 heterocycles. The second kappa shape index (κ2) is 6.84. The molecule has 0 atom stereocenters. The number of halogens is 1. The number of carbonyl (C=O) groups is 1. The number of H-pyrrole nitrogens is 1. The molecule has 0 aliphatic heterocycles. The van der Waals surface area contributed by atoms with E-state index in [1.807, 2.05) is 12.1 Å². The number of aromatic nitrogens is 4. The number of pyridine rings is 1. The molecule has 0 saturated carbocycles. The van der Waals surface area contributed by atoms with Crippen molar-refractivity contribution < 1.29 is 12.0 Å². The first-order valence-electron chi connectivity index (χ1n) is 7.89. The maximum atomic E-state index is 12.2. The van der Waals surface area contributed by atoms with E-state index in [4.69, 9.17) is 0 Å². The van der Waals surface area contributed by atoms with Crippen molar-refractivity contribution in [3.8, 4) is 11.4 Å². The average Bonchev–Trinajstić information content (AvgIpc) is 3.03. The van der Waals surface area contributed by atoms with Gasteiger partial charge in [-0.15, -0.1) is 0 Å². The SMILES string of the molecule is CC(C)(Nc1ccnc(-c2c[nH]c3ncccc23)n1)C(=O)NCCF.[HH].[HH]. The van der Waals surface area contributed by atoms with Gasteiger partial charge >= 0.3 is 0 Å².